The number of fused-ring (bicyclic) bond motifs is 1. The lowest BCUT2D eigenvalue weighted by Crippen LogP contribution is -2.23. The summed E-state index contributed by atoms with van der Waals surface area (Å²) in [6.45, 7) is 0. The molecule has 0 bridgehead atoms. The third-order valence-corrected chi connectivity index (χ3v) is 7.71. The van der Waals surface area contributed by atoms with Gasteiger partial charge in [0.1, 0.15) is 0 Å². The molecular formula is C18H18NO2P. The summed E-state index contributed by atoms with van der Waals surface area (Å²) in [4.78, 5) is 0. The van der Waals surface area contributed by atoms with Gasteiger partial charge in [0.2, 0.25) is 7.29 Å². The van der Waals surface area contributed by atoms with Gasteiger partial charge in [0.25, 0.3) is 0 Å². The number of aliphatic hydroxyl groups is 1. The van der Waals surface area contributed by atoms with Crippen molar-refractivity contribution in [1.29, 1.82) is 0 Å². The molecule has 0 spiro atoms. The van der Waals surface area contributed by atoms with Gasteiger partial charge in [-0.25, -0.2) is 4.67 Å². The zero-order chi connectivity index (χ0) is 15.2. The van der Waals surface area contributed by atoms with E-state index in [-0.39, 0.29) is 12.1 Å². The van der Waals surface area contributed by atoms with Crippen LogP contribution in [0.3, 0.4) is 0 Å². The molecule has 0 aromatic heterocycles. The minimum Gasteiger partial charge on any atom is -0.389 e. The van der Waals surface area contributed by atoms with E-state index in [9.17, 15) is 9.67 Å². The zero-order valence-corrected chi connectivity index (χ0v) is 13.0. The van der Waals surface area contributed by atoms with Crippen LogP contribution in [-0.4, -0.2) is 28.0 Å². The highest BCUT2D eigenvalue weighted by Gasteiger charge is 2.58. The van der Waals surface area contributed by atoms with Crippen LogP contribution in [0.5, 0.6) is 0 Å². The van der Waals surface area contributed by atoms with Crippen molar-refractivity contribution in [3.63, 3.8) is 0 Å². The Morgan fingerprint density at radius 1 is 0.909 bits per heavy atom. The number of hydrogen-bond donors (Lipinski definition) is 1. The van der Waals surface area contributed by atoms with Gasteiger partial charge in [0, 0.05) is 16.7 Å². The highest BCUT2D eigenvalue weighted by atomic mass is 31.2. The van der Waals surface area contributed by atoms with Gasteiger partial charge in [-0.2, -0.15) is 0 Å². The Bertz CT molecular complexity index is 701. The van der Waals surface area contributed by atoms with Gasteiger partial charge in [-0.15, -0.1) is 0 Å². The maximum absolute atomic E-state index is 14.1. The number of nitrogens with zero attached hydrogens (tertiary/aromatic N) is 1. The number of rotatable bonds is 3. The molecule has 1 unspecified atom stereocenters. The van der Waals surface area contributed by atoms with Gasteiger partial charge in [-0.1, -0.05) is 48.6 Å². The third kappa shape index (κ3) is 2.09. The van der Waals surface area contributed by atoms with Crippen molar-refractivity contribution >= 4 is 17.9 Å². The van der Waals surface area contributed by atoms with E-state index < -0.39 is 13.4 Å². The first kappa shape index (κ1) is 14.0. The first-order valence-corrected chi connectivity index (χ1v) is 9.24. The first-order valence-electron chi connectivity index (χ1n) is 7.58. The molecule has 1 aliphatic carbocycles. The largest absolute Gasteiger partial charge is 0.389 e. The maximum Gasteiger partial charge on any atom is 0.208 e. The van der Waals surface area contributed by atoms with Crippen LogP contribution in [0.4, 0.5) is 0 Å². The summed E-state index contributed by atoms with van der Waals surface area (Å²) >= 11 is 0. The predicted octanol–water partition coefficient (Wildman–Crippen LogP) is 2.29. The van der Waals surface area contributed by atoms with Crippen LogP contribution in [-0.2, 0) is 4.57 Å². The van der Waals surface area contributed by atoms with Gasteiger partial charge in [0.15, 0.2) is 0 Å². The van der Waals surface area contributed by atoms with Crippen molar-refractivity contribution in [3.8, 4) is 0 Å². The highest BCUT2D eigenvalue weighted by Crippen LogP contribution is 2.60. The van der Waals surface area contributed by atoms with E-state index in [1.165, 1.54) is 0 Å². The minimum atomic E-state index is -2.85. The molecule has 3 nitrogen and oxygen atoms in total. The van der Waals surface area contributed by atoms with Crippen LogP contribution in [0.15, 0.2) is 72.8 Å². The topological polar surface area (TPSA) is 40.3 Å². The second-order valence-corrected chi connectivity index (χ2v) is 8.52. The van der Waals surface area contributed by atoms with Crippen molar-refractivity contribution in [1.82, 2.24) is 4.67 Å². The second kappa shape index (κ2) is 5.20. The number of aliphatic hydroxyl groups excluding tert-OH is 1. The van der Waals surface area contributed by atoms with E-state index in [4.69, 9.17) is 0 Å². The molecule has 4 heteroatoms. The van der Waals surface area contributed by atoms with Crippen LogP contribution in [0, 0.1) is 0 Å². The normalized spacial score (nSPS) is 29.9. The Balaban J connectivity index is 1.82. The third-order valence-electron chi connectivity index (χ3n) is 4.50. The van der Waals surface area contributed by atoms with E-state index in [0.29, 0.717) is 6.42 Å². The Morgan fingerprint density at radius 2 is 1.45 bits per heavy atom. The van der Waals surface area contributed by atoms with Crippen molar-refractivity contribution in [3.05, 3.63) is 72.8 Å². The van der Waals surface area contributed by atoms with E-state index in [2.05, 4.69) is 4.67 Å². The summed E-state index contributed by atoms with van der Waals surface area (Å²) < 4.78 is 16.1. The van der Waals surface area contributed by atoms with Crippen LogP contribution < -0.4 is 10.6 Å². The Kier molecular flexibility index (Phi) is 3.30. The van der Waals surface area contributed by atoms with E-state index in [1.807, 2.05) is 72.8 Å². The first-order chi connectivity index (χ1) is 10.7. The van der Waals surface area contributed by atoms with Crippen molar-refractivity contribution in [2.75, 3.05) is 0 Å². The second-order valence-electron chi connectivity index (χ2n) is 5.87. The zero-order valence-electron chi connectivity index (χ0n) is 12.1. The van der Waals surface area contributed by atoms with Gasteiger partial charge in [-0.3, -0.25) is 4.57 Å². The fourth-order valence-electron chi connectivity index (χ4n) is 3.39. The molecule has 1 aliphatic heterocycles. The van der Waals surface area contributed by atoms with Gasteiger partial charge in [-0.05, 0) is 30.7 Å². The molecule has 2 aliphatic rings. The van der Waals surface area contributed by atoms with Crippen LogP contribution in [0.1, 0.15) is 6.42 Å². The molecule has 1 N–H and O–H groups in total. The van der Waals surface area contributed by atoms with E-state index in [0.717, 1.165) is 10.6 Å². The number of hydrogen-bond acceptors (Lipinski definition) is 2. The average Bonchev–Trinajstić information content (AvgIpc) is 3.29. The van der Waals surface area contributed by atoms with Gasteiger partial charge in [0.05, 0.1) is 12.1 Å². The summed E-state index contributed by atoms with van der Waals surface area (Å²) in [5.41, 5.74) is 0. The predicted molar refractivity (Wildman–Crippen MR) is 88.9 cm³/mol. The summed E-state index contributed by atoms with van der Waals surface area (Å²) in [7, 11) is -2.85. The van der Waals surface area contributed by atoms with Crippen molar-refractivity contribution < 1.29 is 9.67 Å². The Hall–Kier alpha value is -1.67. The Labute approximate surface area is 130 Å². The fraction of sp³-hybridized carbons (Fsp3) is 0.222. The molecule has 0 amide bonds. The highest BCUT2D eigenvalue weighted by molar-refractivity contribution is 7.76. The van der Waals surface area contributed by atoms with Crippen molar-refractivity contribution in [2.24, 2.45) is 0 Å². The standard InChI is InChI=1S/C18H18NO2P/c20-14-11-12-17-18(13-14)19(17)22(21,15-7-3-1-4-8-15)16-9-5-2-6-10-16/h1-12,14,17-18,20H,13H2/t14-,17+,18-,19?/m1/s1. The van der Waals surface area contributed by atoms with Crippen LogP contribution in [0.25, 0.3) is 0 Å². The Morgan fingerprint density at radius 3 is 1.95 bits per heavy atom. The quantitative estimate of drug-likeness (QED) is 0.537. The van der Waals surface area contributed by atoms with Gasteiger partial charge >= 0.3 is 0 Å². The molecule has 4 atom stereocenters. The maximum atomic E-state index is 14.1. The molecule has 2 aromatic rings. The van der Waals surface area contributed by atoms with E-state index in [1.54, 1.807) is 0 Å². The van der Waals surface area contributed by atoms with Crippen LogP contribution in [0.2, 0.25) is 0 Å². The molecule has 1 heterocycles. The molecule has 0 saturated carbocycles. The lowest BCUT2D eigenvalue weighted by Gasteiger charge is -2.21. The minimum absolute atomic E-state index is 0.172. The monoisotopic (exact) mass is 311 g/mol. The molecule has 1 saturated heterocycles. The molecule has 0 radical (unpaired) electrons. The summed E-state index contributed by atoms with van der Waals surface area (Å²) in [5, 5.41) is 11.5. The van der Waals surface area contributed by atoms with E-state index >= 15 is 0 Å². The van der Waals surface area contributed by atoms with Crippen LogP contribution >= 0.6 is 7.29 Å². The lowest BCUT2D eigenvalue weighted by molar-refractivity contribution is 0.207. The molecule has 22 heavy (non-hydrogen) atoms. The summed E-state index contributed by atoms with van der Waals surface area (Å²) in [6, 6.07) is 19.7. The average molecular weight is 311 g/mol. The van der Waals surface area contributed by atoms with Crippen molar-refractivity contribution in [2.45, 2.75) is 24.6 Å². The lowest BCUT2D eigenvalue weighted by atomic mass is 10.1. The fourth-order valence-corrected chi connectivity index (χ4v) is 6.57. The summed E-state index contributed by atoms with van der Waals surface area (Å²) in [6.07, 6.45) is 4.05. The molecule has 112 valence electrons. The number of benzene rings is 2. The SMILES string of the molecule is O=P(c1ccccc1)(c1ccccc1)N1[C@@H]2C[C@H](O)C=C[C@@H]21. The molecule has 1 fully saturated rings. The molecular weight excluding hydrogens is 293 g/mol. The molecule has 2 aromatic carbocycles. The smallest absolute Gasteiger partial charge is 0.208 e. The van der Waals surface area contributed by atoms with Gasteiger partial charge < -0.3 is 5.11 Å². The summed E-state index contributed by atoms with van der Waals surface area (Å²) in [5.74, 6) is 0. The molecule has 4 rings (SSSR count).